The Kier molecular flexibility index (Phi) is 6.13. The molecule has 3 atom stereocenters. The summed E-state index contributed by atoms with van der Waals surface area (Å²) in [6.45, 7) is 2.61. The highest BCUT2D eigenvalue weighted by Crippen LogP contribution is 2.50. The van der Waals surface area contributed by atoms with Crippen molar-refractivity contribution in [3.8, 4) is 28.1 Å². The van der Waals surface area contributed by atoms with Gasteiger partial charge in [-0.1, -0.05) is 6.07 Å². The van der Waals surface area contributed by atoms with Crippen molar-refractivity contribution in [3.63, 3.8) is 0 Å². The number of ether oxygens (including phenoxy) is 1. The van der Waals surface area contributed by atoms with Crippen LogP contribution in [0.25, 0.3) is 28.0 Å². The van der Waals surface area contributed by atoms with Crippen molar-refractivity contribution in [1.29, 1.82) is 0 Å². The second-order valence-electron chi connectivity index (χ2n) is 11.9. The molecule has 1 unspecified atom stereocenters. The molecular formula is C32H33N9O2. The average molecular weight is 576 g/mol. The van der Waals surface area contributed by atoms with Crippen molar-refractivity contribution in [2.24, 2.45) is 0 Å². The van der Waals surface area contributed by atoms with Gasteiger partial charge in [0.05, 0.1) is 24.2 Å². The van der Waals surface area contributed by atoms with E-state index in [0.29, 0.717) is 24.2 Å². The number of hydrogen-bond acceptors (Lipinski definition) is 8. The van der Waals surface area contributed by atoms with Crippen LogP contribution in [0.3, 0.4) is 0 Å². The number of carbonyl (C=O) groups excluding carboxylic acids is 1. The number of nitrogens with two attached hydrogens (primary N) is 1. The molecule has 43 heavy (non-hydrogen) atoms. The Bertz CT molecular complexity index is 1780. The van der Waals surface area contributed by atoms with Gasteiger partial charge in [0.2, 0.25) is 5.82 Å². The van der Waals surface area contributed by atoms with Gasteiger partial charge in [0, 0.05) is 46.5 Å². The number of benzene rings is 1. The van der Waals surface area contributed by atoms with Crippen LogP contribution in [0.2, 0.25) is 0 Å². The number of carbonyl (C=O) groups is 1. The molecule has 0 radical (unpaired) electrons. The lowest BCUT2D eigenvalue weighted by atomic mass is 9.85. The zero-order valence-electron chi connectivity index (χ0n) is 24.0. The van der Waals surface area contributed by atoms with E-state index in [-0.39, 0.29) is 23.9 Å². The van der Waals surface area contributed by atoms with E-state index in [1.54, 1.807) is 4.52 Å². The summed E-state index contributed by atoms with van der Waals surface area (Å²) in [5.41, 5.74) is 13.6. The molecule has 2 saturated heterocycles. The summed E-state index contributed by atoms with van der Waals surface area (Å²) in [4.78, 5) is 29.5. The fourth-order valence-electron chi connectivity index (χ4n) is 7.13. The fourth-order valence-corrected chi connectivity index (χ4v) is 7.13. The first-order chi connectivity index (χ1) is 21.1. The number of aromatic amines is 1. The summed E-state index contributed by atoms with van der Waals surface area (Å²) in [6.07, 6.45) is 11.0. The van der Waals surface area contributed by atoms with Gasteiger partial charge in [-0.2, -0.15) is 14.7 Å². The summed E-state index contributed by atoms with van der Waals surface area (Å²) in [7, 11) is 0. The molecular weight excluding hydrogens is 542 g/mol. The summed E-state index contributed by atoms with van der Waals surface area (Å²) < 4.78 is 7.37. The van der Waals surface area contributed by atoms with E-state index < -0.39 is 0 Å². The molecule has 2 aliphatic heterocycles. The van der Waals surface area contributed by atoms with Crippen LogP contribution in [0.15, 0.2) is 55.1 Å². The highest BCUT2D eigenvalue weighted by molar-refractivity contribution is 5.91. The van der Waals surface area contributed by atoms with Gasteiger partial charge in [0.1, 0.15) is 17.9 Å². The van der Waals surface area contributed by atoms with Gasteiger partial charge in [0.15, 0.2) is 5.65 Å². The second-order valence-corrected chi connectivity index (χ2v) is 11.9. The average Bonchev–Trinajstić information content (AvgIpc) is 3.41. The quantitative estimate of drug-likeness (QED) is 0.277. The van der Waals surface area contributed by atoms with Gasteiger partial charge in [-0.15, -0.1) is 0 Å². The molecule has 11 heteroatoms. The van der Waals surface area contributed by atoms with E-state index in [1.807, 2.05) is 54.5 Å². The molecule has 1 aliphatic carbocycles. The number of aromatic nitrogens is 7. The minimum absolute atomic E-state index is 0.0620. The highest BCUT2D eigenvalue weighted by atomic mass is 16.5. The predicted octanol–water partition coefficient (Wildman–Crippen LogP) is 4.99. The Hall–Kier alpha value is -4.80. The first-order valence-electron chi connectivity index (χ1n) is 15.1. The molecule has 2 bridgehead atoms. The van der Waals surface area contributed by atoms with Gasteiger partial charge in [-0.3, -0.25) is 14.9 Å². The number of nitrogen functional groups attached to an aromatic ring is 1. The van der Waals surface area contributed by atoms with Crippen LogP contribution in [0.5, 0.6) is 5.75 Å². The molecule has 6 heterocycles. The minimum Gasteiger partial charge on any atom is -0.494 e. The molecule has 3 N–H and O–H groups in total. The number of piperidine rings is 1. The number of nitrogens with zero attached hydrogens (tertiary/aromatic N) is 7. The maximum Gasteiger partial charge on any atom is 0.291 e. The van der Waals surface area contributed by atoms with E-state index in [4.69, 9.17) is 20.4 Å². The van der Waals surface area contributed by atoms with Crippen LogP contribution in [0, 0.1) is 0 Å². The topological polar surface area (TPSA) is 140 Å². The van der Waals surface area contributed by atoms with Gasteiger partial charge < -0.3 is 15.4 Å². The van der Waals surface area contributed by atoms with Crippen LogP contribution in [-0.2, 0) is 0 Å². The monoisotopic (exact) mass is 575 g/mol. The normalized spacial score (nSPS) is 21.4. The first kappa shape index (κ1) is 25.9. The maximum absolute atomic E-state index is 13.2. The third-order valence-corrected chi connectivity index (χ3v) is 9.24. The van der Waals surface area contributed by atoms with Gasteiger partial charge in [-0.25, -0.2) is 9.97 Å². The van der Waals surface area contributed by atoms with Crippen LogP contribution >= 0.6 is 0 Å². The van der Waals surface area contributed by atoms with E-state index in [9.17, 15) is 4.79 Å². The number of H-pyrrole nitrogens is 1. The molecule has 3 fully saturated rings. The number of fused-ring (bicyclic) bond motifs is 3. The number of anilines is 1. The van der Waals surface area contributed by atoms with Gasteiger partial charge in [0.25, 0.3) is 5.91 Å². The number of pyridine rings is 1. The van der Waals surface area contributed by atoms with Crippen molar-refractivity contribution in [2.75, 3.05) is 12.3 Å². The van der Waals surface area contributed by atoms with Crippen molar-refractivity contribution in [2.45, 2.75) is 69.4 Å². The van der Waals surface area contributed by atoms with Crippen molar-refractivity contribution in [1.82, 2.24) is 39.7 Å². The molecule has 1 aromatic carbocycles. The lowest BCUT2D eigenvalue weighted by Crippen LogP contribution is -2.46. The molecule has 4 aromatic heterocycles. The molecule has 8 rings (SSSR count). The Morgan fingerprint density at radius 3 is 2.40 bits per heavy atom. The smallest absolute Gasteiger partial charge is 0.291 e. The van der Waals surface area contributed by atoms with Crippen LogP contribution in [-0.4, -0.2) is 64.3 Å². The number of amides is 1. The zero-order valence-corrected chi connectivity index (χ0v) is 24.0. The van der Waals surface area contributed by atoms with Crippen LogP contribution < -0.4 is 10.5 Å². The lowest BCUT2D eigenvalue weighted by molar-refractivity contribution is 0.0557. The standard InChI is InChI=1S/C32H33N9O2/c1-2-43-24-10-5-18(6-11-24)26-12-7-20(15-34-26)25-16-37-41-29(33)27(19-3-4-19)28(38-31(25)41)21-13-22-8-9-23(14-21)40(22)32(42)30-35-17-36-39-30/h5-7,10-12,15-17,19,21-23H,2-4,8-9,13-14,33H2,1H3,(H,35,36,39)/t21?,22-,23+. The van der Waals surface area contributed by atoms with Crippen molar-refractivity contribution >= 4 is 17.4 Å². The fraction of sp³-hybridized carbons (Fsp3) is 0.375. The molecule has 0 spiro atoms. The maximum atomic E-state index is 13.2. The summed E-state index contributed by atoms with van der Waals surface area (Å²) >= 11 is 0. The third-order valence-electron chi connectivity index (χ3n) is 9.24. The Balaban J connectivity index is 1.12. The number of rotatable bonds is 7. The van der Waals surface area contributed by atoms with E-state index in [2.05, 4.69) is 26.3 Å². The molecule has 1 saturated carbocycles. The SMILES string of the molecule is CCOc1ccc(-c2ccc(-c3cnn4c(N)c(C5CC5)c(C5C[C@H]6CC[C@@H](C5)N6C(=O)c5ncn[nH]5)nc34)cn2)cc1. The highest BCUT2D eigenvalue weighted by Gasteiger charge is 2.46. The van der Waals surface area contributed by atoms with E-state index in [0.717, 1.165) is 83.6 Å². The number of nitrogens with one attached hydrogen (secondary N) is 1. The molecule has 5 aromatic rings. The predicted molar refractivity (Wildman–Crippen MR) is 161 cm³/mol. The Morgan fingerprint density at radius 1 is 0.977 bits per heavy atom. The molecule has 218 valence electrons. The summed E-state index contributed by atoms with van der Waals surface area (Å²) in [6, 6.07) is 12.4. The lowest BCUT2D eigenvalue weighted by Gasteiger charge is -2.39. The Morgan fingerprint density at radius 2 is 1.74 bits per heavy atom. The first-order valence-corrected chi connectivity index (χ1v) is 15.1. The number of hydrogen-bond donors (Lipinski definition) is 2. The second kappa shape index (κ2) is 10.2. The summed E-state index contributed by atoms with van der Waals surface area (Å²) in [5.74, 6) is 2.42. The molecule has 11 nitrogen and oxygen atoms in total. The zero-order chi connectivity index (χ0) is 29.1. The van der Waals surface area contributed by atoms with Crippen molar-refractivity contribution < 1.29 is 9.53 Å². The van der Waals surface area contributed by atoms with Gasteiger partial charge >= 0.3 is 0 Å². The minimum atomic E-state index is -0.0620. The van der Waals surface area contributed by atoms with E-state index in [1.165, 1.54) is 6.33 Å². The summed E-state index contributed by atoms with van der Waals surface area (Å²) in [5, 5.41) is 11.3. The molecule has 1 amide bonds. The van der Waals surface area contributed by atoms with Crippen LogP contribution in [0.1, 0.15) is 79.2 Å². The third kappa shape index (κ3) is 4.41. The van der Waals surface area contributed by atoms with Gasteiger partial charge in [-0.05, 0) is 81.7 Å². The Labute approximate surface area is 248 Å². The van der Waals surface area contributed by atoms with E-state index >= 15 is 0 Å². The van der Waals surface area contributed by atoms with Crippen LogP contribution in [0.4, 0.5) is 5.82 Å². The molecule has 3 aliphatic rings. The largest absolute Gasteiger partial charge is 0.494 e. The van der Waals surface area contributed by atoms with Crippen molar-refractivity contribution in [3.05, 3.63) is 72.2 Å².